The van der Waals surface area contributed by atoms with Crippen LogP contribution in [0.4, 0.5) is 0 Å². The Kier molecular flexibility index (Phi) is 3.49. The fraction of sp³-hybridized carbons (Fsp3) is 0.286. The van der Waals surface area contributed by atoms with Gasteiger partial charge in [0.1, 0.15) is 17.6 Å². The van der Waals surface area contributed by atoms with Crippen LogP contribution in [0.2, 0.25) is 0 Å². The second-order valence-corrected chi connectivity index (χ2v) is 3.83. The molecule has 0 bridgehead atoms. The summed E-state index contributed by atoms with van der Waals surface area (Å²) in [5, 5.41) is 10.3. The van der Waals surface area contributed by atoms with E-state index in [2.05, 4.69) is 0 Å². The van der Waals surface area contributed by atoms with Crippen LogP contribution in [0.15, 0.2) is 41.0 Å². The first-order valence-corrected chi connectivity index (χ1v) is 5.64. The van der Waals surface area contributed by atoms with E-state index in [1.165, 1.54) is 0 Å². The minimum atomic E-state index is -0.644. The molecule has 0 fully saturated rings. The van der Waals surface area contributed by atoms with E-state index < -0.39 is 6.10 Å². The van der Waals surface area contributed by atoms with Gasteiger partial charge in [-0.15, -0.1) is 0 Å². The van der Waals surface area contributed by atoms with E-state index in [0.29, 0.717) is 0 Å². The van der Waals surface area contributed by atoms with E-state index in [9.17, 15) is 5.11 Å². The number of methoxy groups -OCH3 is 1. The van der Waals surface area contributed by atoms with Gasteiger partial charge in [-0.1, -0.05) is 19.1 Å². The lowest BCUT2D eigenvalue weighted by Gasteiger charge is -2.11. The molecule has 90 valence electrons. The number of rotatable bonds is 4. The van der Waals surface area contributed by atoms with Gasteiger partial charge < -0.3 is 14.3 Å². The largest absolute Gasteiger partial charge is 0.497 e. The lowest BCUT2D eigenvalue weighted by atomic mass is 10.0. The summed E-state index contributed by atoms with van der Waals surface area (Å²) in [6.07, 6.45) is 1.74. The Morgan fingerprint density at radius 1 is 1.24 bits per heavy atom. The van der Waals surface area contributed by atoms with Crippen molar-refractivity contribution in [1.29, 1.82) is 0 Å². The van der Waals surface area contributed by atoms with Crippen LogP contribution in [0.3, 0.4) is 0 Å². The third kappa shape index (κ3) is 2.34. The standard InChI is InChI=1S/C14H16O3/c1-3-13-12(8-9-17-13)14(15)10-4-6-11(16-2)7-5-10/h4-9,14-15H,3H2,1-2H3. The van der Waals surface area contributed by atoms with Gasteiger partial charge in [0.2, 0.25) is 0 Å². The van der Waals surface area contributed by atoms with Crippen molar-refractivity contribution in [3.8, 4) is 5.75 Å². The van der Waals surface area contributed by atoms with E-state index in [0.717, 1.165) is 29.1 Å². The van der Waals surface area contributed by atoms with Crippen LogP contribution in [-0.4, -0.2) is 12.2 Å². The van der Waals surface area contributed by atoms with Crippen LogP contribution in [0.25, 0.3) is 0 Å². The Bertz CT molecular complexity index is 470. The van der Waals surface area contributed by atoms with Crippen LogP contribution in [0.1, 0.15) is 29.9 Å². The van der Waals surface area contributed by atoms with E-state index in [4.69, 9.17) is 9.15 Å². The Hall–Kier alpha value is -1.74. The quantitative estimate of drug-likeness (QED) is 0.881. The predicted octanol–water partition coefficient (Wildman–Crippen LogP) is 2.93. The number of hydrogen-bond acceptors (Lipinski definition) is 3. The summed E-state index contributed by atoms with van der Waals surface area (Å²) in [6, 6.07) is 9.20. The van der Waals surface area contributed by atoms with Gasteiger partial charge in [-0.3, -0.25) is 0 Å². The smallest absolute Gasteiger partial charge is 0.118 e. The molecule has 0 spiro atoms. The molecule has 1 aromatic heterocycles. The molecule has 0 aliphatic rings. The van der Waals surface area contributed by atoms with Gasteiger partial charge >= 0.3 is 0 Å². The molecule has 1 unspecified atom stereocenters. The van der Waals surface area contributed by atoms with Gasteiger partial charge in [-0.2, -0.15) is 0 Å². The highest BCUT2D eigenvalue weighted by Gasteiger charge is 2.16. The topological polar surface area (TPSA) is 42.6 Å². The first-order chi connectivity index (χ1) is 8.26. The van der Waals surface area contributed by atoms with Gasteiger partial charge in [-0.05, 0) is 23.8 Å². The van der Waals surface area contributed by atoms with Crippen LogP contribution >= 0.6 is 0 Å². The number of aliphatic hydroxyl groups is 1. The van der Waals surface area contributed by atoms with Crippen LogP contribution < -0.4 is 4.74 Å². The molecule has 0 saturated heterocycles. The SMILES string of the molecule is CCc1occc1C(O)c1ccc(OC)cc1. The average Bonchev–Trinajstić information content (AvgIpc) is 2.86. The number of furan rings is 1. The van der Waals surface area contributed by atoms with E-state index in [-0.39, 0.29) is 0 Å². The first kappa shape index (κ1) is 11.7. The van der Waals surface area contributed by atoms with E-state index in [1.807, 2.05) is 37.3 Å². The van der Waals surface area contributed by atoms with Crippen molar-refractivity contribution in [2.24, 2.45) is 0 Å². The molecule has 1 heterocycles. The molecular formula is C14H16O3. The second-order valence-electron chi connectivity index (χ2n) is 3.83. The van der Waals surface area contributed by atoms with Crippen molar-refractivity contribution in [3.63, 3.8) is 0 Å². The molecule has 0 saturated carbocycles. The number of aryl methyl sites for hydroxylation is 1. The third-order valence-electron chi connectivity index (χ3n) is 2.83. The highest BCUT2D eigenvalue weighted by molar-refractivity contribution is 5.34. The molecule has 2 rings (SSSR count). The van der Waals surface area contributed by atoms with Gasteiger partial charge in [0, 0.05) is 12.0 Å². The Labute approximate surface area is 101 Å². The van der Waals surface area contributed by atoms with Gasteiger partial charge in [0.15, 0.2) is 0 Å². The number of benzene rings is 1. The molecule has 3 heteroatoms. The van der Waals surface area contributed by atoms with Crippen molar-refractivity contribution in [2.75, 3.05) is 7.11 Å². The maximum absolute atomic E-state index is 10.3. The molecule has 0 aliphatic carbocycles. The second kappa shape index (κ2) is 5.06. The number of hydrogen-bond donors (Lipinski definition) is 1. The summed E-state index contributed by atoms with van der Waals surface area (Å²) in [5.41, 5.74) is 1.67. The highest BCUT2D eigenvalue weighted by atomic mass is 16.5. The van der Waals surface area contributed by atoms with E-state index >= 15 is 0 Å². The van der Waals surface area contributed by atoms with Gasteiger partial charge in [0.25, 0.3) is 0 Å². The van der Waals surface area contributed by atoms with Crippen molar-refractivity contribution >= 4 is 0 Å². The Balaban J connectivity index is 2.27. The van der Waals surface area contributed by atoms with Gasteiger partial charge in [-0.25, -0.2) is 0 Å². The lowest BCUT2D eigenvalue weighted by Crippen LogP contribution is -2.01. The van der Waals surface area contributed by atoms with Crippen LogP contribution in [0, 0.1) is 0 Å². The Morgan fingerprint density at radius 2 is 1.94 bits per heavy atom. The summed E-state index contributed by atoms with van der Waals surface area (Å²) < 4.78 is 10.4. The summed E-state index contributed by atoms with van der Waals surface area (Å²) in [6.45, 7) is 2.00. The fourth-order valence-electron chi connectivity index (χ4n) is 1.85. The number of aliphatic hydroxyl groups excluding tert-OH is 1. The summed E-state index contributed by atoms with van der Waals surface area (Å²) in [5.74, 6) is 1.61. The van der Waals surface area contributed by atoms with Crippen molar-refractivity contribution < 1.29 is 14.3 Å². The predicted molar refractivity (Wildman–Crippen MR) is 65.1 cm³/mol. The zero-order chi connectivity index (χ0) is 12.3. The summed E-state index contributed by atoms with van der Waals surface area (Å²) >= 11 is 0. The zero-order valence-corrected chi connectivity index (χ0v) is 10.0. The number of ether oxygens (including phenoxy) is 1. The molecule has 2 aromatic rings. The highest BCUT2D eigenvalue weighted by Crippen LogP contribution is 2.27. The summed E-state index contributed by atoms with van der Waals surface area (Å²) in [7, 11) is 1.62. The minimum absolute atomic E-state index is 0.644. The van der Waals surface area contributed by atoms with Crippen molar-refractivity contribution in [3.05, 3.63) is 53.5 Å². The minimum Gasteiger partial charge on any atom is -0.497 e. The average molecular weight is 232 g/mol. The summed E-state index contributed by atoms with van der Waals surface area (Å²) in [4.78, 5) is 0. The molecule has 1 aromatic carbocycles. The third-order valence-corrected chi connectivity index (χ3v) is 2.83. The van der Waals surface area contributed by atoms with Crippen molar-refractivity contribution in [2.45, 2.75) is 19.4 Å². The first-order valence-electron chi connectivity index (χ1n) is 5.64. The molecule has 1 atom stereocenters. The molecule has 1 N–H and O–H groups in total. The molecule has 17 heavy (non-hydrogen) atoms. The van der Waals surface area contributed by atoms with E-state index in [1.54, 1.807) is 13.4 Å². The zero-order valence-electron chi connectivity index (χ0n) is 10.0. The maximum atomic E-state index is 10.3. The van der Waals surface area contributed by atoms with Crippen molar-refractivity contribution in [1.82, 2.24) is 0 Å². The molecule has 3 nitrogen and oxygen atoms in total. The fourth-order valence-corrected chi connectivity index (χ4v) is 1.85. The molecular weight excluding hydrogens is 216 g/mol. The normalized spacial score (nSPS) is 12.4. The molecule has 0 radical (unpaired) electrons. The van der Waals surface area contributed by atoms with Crippen LogP contribution in [0.5, 0.6) is 5.75 Å². The maximum Gasteiger partial charge on any atom is 0.118 e. The van der Waals surface area contributed by atoms with Gasteiger partial charge in [0.05, 0.1) is 13.4 Å². The van der Waals surface area contributed by atoms with Crippen LogP contribution in [-0.2, 0) is 6.42 Å². The Morgan fingerprint density at radius 3 is 2.53 bits per heavy atom. The molecule has 0 aliphatic heterocycles. The molecule has 0 amide bonds. The monoisotopic (exact) mass is 232 g/mol. The lowest BCUT2D eigenvalue weighted by molar-refractivity contribution is 0.217.